The number of carbonyl (C=O) groups excluding carboxylic acids is 2. The van der Waals surface area contributed by atoms with Gasteiger partial charge in [0.2, 0.25) is 0 Å². The number of rotatable bonds is 6. The zero-order chi connectivity index (χ0) is 21.6. The maximum Gasteiger partial charge on any atom is 0.343 e. The summed E-state index contributed by atoms with van der Waals surface area (Å²) in [6.07, 6.45) is 0. The smallest absolute Gasteiger partial charge is 0.343 e. The lowest BCUT2D eigenvalue weighted by atomic mass is 10.0. The van der Waals surface area contributed by atoms with Gasteiger partial charge in [-0.15, -0.1) is 0 Å². The van der Waals surface area contributed by atoms with Gasteiger partial charge in [-0.25, -0.2) is 9.18 Å². The summed E-state index contributed by atoms with van der Waals surface area (Å²) >= 11 is 0. The second kappa shape index (κ2) is 9.64. The molecular formula is C25H22FNO4. The third-order valence-electron chi connectivity index (χ3n) is 5.13. The number of hydrogen-bond donors (Lipinski definition) is 0. The fraction of sp³-hybridized carbons (Fsp3) is 0.200. The van der Waals surface area contributed by atoms with Gasteiger partial charge in [0.15, 0.2) is 5.78 Å². The Morgan fingerprint density at radius 3 is 1.97 bits per heavy atom. The summed E-state index contributed by atoms with van der Waals surface area (Å²) in [6.45, 7) is 4.13. The van der Waals surface area contributed by atoms with Gasteiger partial charge in [0.1, 0.15) is 11.6 Å². The zero-order valence-electron chi connectivity index (χ0n) is 16.9. The lowest BCUT2D eigenvalue weighted by Gasteiger charge is -2.26. The highest BCUT2D eigenvalue weighted by molar-refractivity contribution is 6.09. The van der Waals surface area contributed by atoms with E-state index in [1.165, 1.54) is 24.3 Å². The molecule has 0 radical (unpaired) electrons. The summed E-state index contributed by atoms with van der Waals surface area (Å²) in [5.74, 6) is -0.741. The lowest BCUT2D eigenvalue weighted by molar-refractivity contribution is 0.0342. The summed E-state index contributed by atoms with van der Waals surface area (Å²) < 4.78 is 23.8. The van der Waals surface area contributed by atoms with E-state index in [4.69, 9.17) is 9.47 Å². The van der Waals surface area contributed by atoms with Crippen LogP contribution in [0, 0.1) is 5.82 Å². The number of morpholine rings is 1. The van der Waals surface area contributed by atoms with Crippen molar-refractivity contribution in [2.75, 3.05) is 26.3 Å². The van der Waals surface area contributed by atoms with Crippen LogP contribution in [0.5, 0.6) is 5.75 Å². The minimum atomic E-state index is -0.462. The van der Waals surface area contributed by atoms with Crippen LogP contribution in [0.25, 0.3) is 0 Å². The molecule has 0 aromatic heterocycles. The van der Waals surface area contributed by atoms with Gasteiger partial charge in [0.05, 0.1) is 18.8 Å². The summed E-state index contributed by atoms with van der Waals surface area (Å²) in [7, 11) is 0. The minimum Gasteiger partial charge on any atom is -0.423 e. The van der Waals surface area contributed by atoms with E-state index in [0.717, 1.165) is 38.4 Å². The Bertz CT molecular complexity index is 1040. The van der Waals surface area contributed by atoms with Crippen molar-refractivity contribution in [2.45, 2.75) is 6.54 Å². The first-order valence-electron chi connectivity index (χ1n) is 10.1. The van der Waals surface area contributed by atoms with Gasteiger partial charge in [-0.3, -0.25) is 9.69 Å². The Labute approximate surface area is 180 Å². The SMILES string of the molecule is O=C(Oc1ccc(C(=O)c2ccc(F)cc2)cc1)c1ccc(CN2CCOCC2)cc1. The van der Waals surface area contributed by atoms with E-state index in [1.807, 2.05) is 12.1 Å². The quantitative estimate of drug-likeness (QED) is 0.342. The standard InChI is InChI=1S/C25H22FNO4/c26-22-9-5-19(6-10-22)24(28)20-7-11-23(12-8-20)31-25(29)21-3-1-18(2-4-21)17-27-13-15-30-16-14-27/h1-12H,13-17H2. The van der Waals surface area contributed by atoms with Crippen molar-refractivity contribution in [3.05, 3.63) is 101 Å². The fourth-order valence-corrected chi connectivity index (χ4v) is 3.37. The maximum atomic E-state index is 13.0. The lowest BCUT2D eigenvalue weighted by Crippen LogP contribution is -2.35. The van der Waals surface area contributed by atoms with Crippen molar-refractivity contribution >= 4 is 11.8 Å². The first-order valence-corrected chi connectivity index (χ1v) is 10.1. The first-order chi connectivity index (χ1) is 15.1. The van der Waals surface area contributed by atoms with Crippen LogP contribution in [0.4, 0.5) is 4.39 Å². The monoisotopic (exact) mass is 419 g/mol. The number of ketones is 1. The van der Waals surface area contributed by atoms with E-state index in [0.29, 0.717) is 22.4 Å². The van der Waals surface area contributed by atoms with E-state index >= 15 is 0 Å². The van der Waals surface area contributed by atoms with Gasteiger partial charge in [-0.1, -0.05) is 12.1 Å². The van der Waals surface area contributed by atoms with Crippen LogP contribution in [0.2, 0.25) is 0 Å². The molecule has 1 fully saturated rings. The average Bonchev–Trinajstić information content (AvgIpc) is 2.81. The van der Waals surface area contributed by atoms with Crippen LogP contribution in [-0.4, -0.2) is 43.0 Å². The van der Waals surface area contributed by atoms with Gasteiger partial charge >= 0.3 is 5.97 Å². The molecule has 6 heteroatoms. The van der Waals surface area contributed by atoms with Crippen molar-refractivity contribution < 1.29 is 23.5 Å². The van der Waals surface area contributed by atoms with Crippen LogP contribution < -0.4 is 4.74 Å². The van der Waals surface area contributed by atoms with Gasteiger partial charge in [-0.2, -0.15) is 0 Å². The molecule has 4 rings (SSSR count). The minimum absolute atomic E-state index is 0.228. The molecule has 0 atom stereocenters. The van der Waals surface area contributed by atoms with Gasteiger partial charge in [0.25, 0.3) is 0 Å². The second-order valence-electron chi connectivity index (χ2n) is 7.34. The number of carbonyl (C=O) groups is 2. The number of halogens is 1. The highest BCUT2D eigenvalue weighted by atomic mass is 19.1. The average molecular weight is 419 g/mol. The first kappa shape index (κ1) is 20.9. The molecule has 3 aromatic carbocycles. The summed E-state index contributed by atoms with van der Waals surface area (Å²) in [6, 6.07) is 19.0. The fourth-order valence-electron chi connectivity index (χ4n) is 3.37. The van der Waals surface area contributed by atoms with Crippen molar-refractivity contribution in [1.29, 1.82) is 0 Å². The molecule has 1 heterocycles. The number of ether oxygens (including phenoxy) is 2. The largest absolute Gasteiger partial charge is 0.423 e. The molecule has 1 aliphatic heterocycles. The maximum absolute atomic E-state index is 13.0. The second-order valence-corrected chi connectivity index (χ2v) is 7.34. The predicted molar refractivity (Wildman–Crippen MR) is 114 cm³/mol. The van der Waals surface area contributed by atoms with Crippen molar-refractivity contribution in [2.24, 2.45) is 0 Å². The number of benzene rings is 3. The molecule has 0 spiro atoms. The van der Waals surface area contributed by atoms with Gasteiger partial charge in [-0.05, 0) is 66.2 Å². The topological polar surface area (TPSA) is 55.8 Å². The van der Waals surface area contributed by atoms with Crippen molar-refractivity contribution in [3.8, 4) is 5.75 Å². The van der Waals surface area contributed by atoms with Gasteiger partial charge < -0.3 is 9.47 Å². The third-order valence-corrected chi connectivity index (χ3v) is 5.13. The molecule has 0 unspecified atom stereocenters. The van der Waals surface area contributed by atoms with Crippen LogP contribution in [0.3, 0.4) is 0 Å². The number of hydrogen-bond acceptors (Lipinski definition) is 5. The Kier molecular flexibility index (Phi) is 6.50. The molecule has 0 N–H and O–H groups in total. The van der Waals surface area contributed by atoms with Crippen LogP contribution in [0.1, 0.15) is 31.8 Å². The number of esters is 1. The Hall–Kier alpha value is -3.35. The van der Waals surface area contributed by atoms with Crippen molar-refractivity contribution in [3.63, 3.8) is 0 Å². The summed E-state index contributed by atoms with van der Waals surface area (Å²) in [4.78, 5) is 27.2. The van der Waals surface area contributed by atoms with Crippen LogP contribution in [-0.2, 0) is 11.3 Å². The van der Waals surface area contributed by atoms with E-state index < -0.39 is 11.8 Å². The summed E-state index contributed by atoms with van der Waals surface area (Å²) in [5.41, 5.74) is 2.40. The number of nitrogens with zero attached hydrogens (tertiary/aromatic N) is 1. The molecule has 0 bridgehead atoms. The highest BCUT2D eigenvalue weighted by Gasteiger charge is 2.13. The predicted octanol–water partition coefficient (Wildman–Crippen LogP) is 4.11. The van der Waals surface area contributed by atoms with Crippen LogP contribution >= 0.6 is 0 Å². The molecule has 158 valence electrons. The molecule has 0 aliphatic carbocycles. The molecular weight excluding hydrogens is 397 g/mol. The zero-order valence-corrected chi connectivity index (χ0v) is 16.9. The molecule has 0 amide bonds. The molecule has 5 nitrogen and oxygen atoms in total. The van der Waals surface area contributed by atoms with Crippen LogP contribution in [0.15, 0.2) is 72.8 Å². The van der Waals surface area contributed by atoms with Gasteiger partial charge in [0, 0.05) is 30.8 Å². The van der Waals surface area contributed by atoms with E-state index in [9.17, 15) is 14.0 Å². The third kappa shape index (κ3) is 5.42. The molecule has 31 heavy (non-hydrogen) atoms. The normalized spacial score (nSPS) is 14.2. The molecule has 1 saturated heterocycles. The van der Waals surface area contributed by atoms with E-state index in [-0.39, 0.29) is 5.78 Å². The van der Waals surface area contributed by atoms with E-state index in [2.05, 4.69) is 4.90 Å². The molecule has 0 saturated carbocycles. The van der Waals surface area contributed by atoms with E-state index in [1.54, 1.807) is 36.4 Å². The highest BCUT2D eigenvalue weighted by Crippen LogP contribution is 2.18. The Morgan fingerprint density at radius 2 is 1.35 bits per heavy atom. The van der Waals surface area contributed by atoms with Crippen molar-refractivity contribution in [1.82, 2.24) is 4.90 Å². The Balaban J connectivity index is 1.35. The Morgan fingerprint density at radius 1 is 0.806 bits per heavy atom. The summed E-state index contributed by atoms with van der Waals surface area (Å²) in [5, 5.41) is 0. The molecule has 3 aromatic rings. The molecule has 1 aliphatic rings.